The lowest BCUT2D eigenvalue weighted by molar-refractivity contribution is -0.138. The van der Waals surface area contributed by atoms with E-state index in [0.717, 1.165) is 12.3 Å². The van der Waals surface area contributed by atoms with Gasteiger partial charge in [0.25, 0.3) is 0 Å². The summed E-state index contributed by atoms with van der Waals surface area (Å²) in [6, 6.07) is -3.68. The number of nitrogens with two attached hydrogens (primary N) is 3. The van der Waals surface area contributed by atoms with Crippen molar-refractivity contribution in [1.29, 1.82) is 0 Å². The monoisotopic (exact) mass is 667 g/mol. The highest BCUT2D eigenvalue weighted by molar-refractivity contribution is 5.95. The molecule has 1 saturated heterocycles. The Kier molecular flexibility index (Phi) is 16.1. The van der Waals surface area contributed by atoms with Crippen LogP contribution in [0.2, 0.25) is 0 Å². The quantitative estimate of drug-likeness (QED) is 0.0736. The highest BCUT2D eigenvalue weighted by Crippen LogP contribution is 2.20. The van der Waals surface area contributed by atoms with E-state index >= 15 is 0 Å². The molecule has 0 bridgehead atoms. The first-order valence-electron chi connectivity index (χ1n) is 15.4. The largest absolute Gasteiger partial charge is 0.502 e. The number of aliphatic carboxylic acids is 1. The molecule has 18 nitrogen and oxygen atoms in total. The van der Waals surface area contributed by atoms with Gasteiger partial charge in [-0.15, -0.1) is 0 Å². The number of amides is 5. The third-order valence-electron chi connectivity index (χ3n) is 7.46. The highest BCUT2D eigenvalue weighted by atomic mass is 16.6. The van der Waals surface area contributed by atoms with E-state index in [1.807, 2.05) is 0 Å². The number of ether oxygens (including phenoxy) is 1. The number of nitrogens with zero attached hydrogens (tertiary/aromatic N) is 1. The average molecular weight is 668 g/mol. The molecule has 2 heterocycles. The summed E-state index contributed by atoms with van der Waals surface area (Å²) in [5.74, 6) is -4.94. The standard InChI is InChI=1S/C29H45N7O11/c30-11-3-1-6-18(25(32)41)33-27(43)20(9-10-24(39)40)34-26(42)19(7-2-4-12-31)35-28(44)21-8-5-13-36(21)29(45)47-15-17-14-22(37)23(38)16-46-17/h14,16,18-21,38H,1-13,15,30-31H2,(H2,32,41)(H,33,43)(H,34,42)(H,35,44)(H,39,40). The number of hydrogen-bond donors (Lipinski definition) is 8. The molecule has 5 amide bonds. The first-order valence-corrected chi connectivity index (χ1v) is 15.4. The number of carboxylic acids is 1. The molecule has 0 saturated carbocycles. The SMILES string of the molecule is NCCCCC(NC(=O)C(CCC(=O)O)NC(=O)C(CCCCN)NC(=O)C1CCCN1C(=O)OCc1cc(=O)c(O)co1)C(N)=O. The van der Waals surface area contributed by atoms with Gasteiger partial charge in [0, 0.05) is 19.0 Å². The second-order valence-corrected chi connectivity index (χ2v) is 11.1. The molecule has 0 aliphatic carbocycles. The van der Waals surface area contributed by atoms with Crippen LogP contribution in [0.1, 0.15) is 70.0 Å². The molecule has 1 aliphatic rings. The van der Waals surface area contributed by atoms with Crippen molar-refractivity contribution in [2.45, 2.75) is 95.0 Å². The number of nitrogens with one attached hydrogen (secondary N) is 3. The molecule has 4 atom stereocenters. The summed E-state index contributed by atoms with van der Waals surface area (Å²) < 4.78 is 10.2. The van der Waals surface area contributed by atoms with E-state index in [4.69, 9.17) is 26.4 Å². The molecule has 11 N–H and O–H groups in total. The summed E-state index contributed by atoms with van der Waals surface area (Å²) >= 11 is 0. The maximum Gasteiger partial charge on any atom is 0.410 e. The maximum absolute atomic E-state index is 13.5. The number of primary amides is 1. The predicted molar refractivity (Wildman–Crippen MR) is 164 cm³/mol. The number of rotatable bonds is 20. The third-order valence-corrected chi connectivity index (χ3v) is 7.46. The molecule has 0 radical (unpaired) electrons. The van der Waals surface area contributed by atoms with Gasteiger partial charge in [0.2, 0.25) is 29.1 Å². The average Bonchev–Trinajstić information content (AvgIpc) is 3.53. The number of unbranched alkanes of at least 4 members (excludes halogenated alkanes) is 2. The molecule has 1 fully saturated rings. The molecule has 0 spiro atoms. The van der Waals surface area contributed by atoms with Crippen molar-refractivity contribution in [3.63, 3.8) is 0 Å². The Hall–Kier alpha value is -4.71. The highest BCUT2D eigenvalue weighted by Gasteiger charge is 2.37. The van der Waals surface area contributed by atoms with Crippen LogP contribution in [0.5, 0.6) is 5.75 Å². The molecular weight excluding hydrogens is 622 g/mol. The Balaban J connectivity index is 2.14. The topological polar surface area (TPSA) is 300 Å². The van der Waals surface area contributed by atoms with Crippen LogP contribution in [0.3, 0.4) is 0 Å². The minimum atomic E-state index is -1.37. The Bertz CT molecular complexity index is 1310. The van der Waals surface area contributed by atoms with E-state index in [9.17, 15) is 43.8 Å². The van der Waals surface area contributed by atoms with E-state index in [0.29, 0.717) is 45.2 Å². The normalized spacial score (nSPS) is 16.0. The number of carboxylic acid groups (broad SMARTS) is 1. The van der Waals surface area contributed by atoms with Gasteiger partial charge >= 0.3 is 12.1 Å². The fourth-order valence-corrected chi connectivity index (χ4v) is 4.88. The molecule has 262 valence electrons. The second-order valence-electron chi connectivity index (χ2n) is 11.1. The summed E-state index contributed by atoms with van der Waals surface area (Å²) in [5.41, 5.74) is 15.8. The molecule has 2 rings (SSSR count). The lowest BCUT2D eigenvalue weighted by atomic mass is 10.0. The van der Waals surface area contributed by atoms with Gasteiger partial charge in [-0.05, 0) is 70.9 Å². The molecule has 1 aromatic rings. The van der Waals surface area contributed by atoms with E-state index in [-0.39, 0.29) is 38.0 Å². The Labute approximate surface area is 270 Å². The van der Waals surface area contributed by atoms with Crippen molar-refractivity contribution >= 4 is 35.7 Å². The zero-order valence-corrected chi connectivity index (χ0v) is 26.1. The predicted octanol–water partition coefficient (Wildman–Crippen LogP) is -1.49. The molecule has 1 aromatic heterocycles. The molecular formula is C29H45N7O11. The van der Waals surface area contributed by atoms with Crippen molar-refractivity contribution in [3.8, 4) is 5.75 Å². The minimum Gasteiger partial charge on any atom is -0.502 e. The number of carbonyl (C=O) groups is 6. The zero-order chi connectivity index (χ0) is 34.9. The van der Waals surface area contributed by atoms with Crippen molar-refractivity contribution in [1.82, 2.24) is 20.9 Å². The third kappa shape index (κ3) is 12.9. The van der Waals surface area contributed by atoms with Gasteiger partial charge < -0.3 is 52.5 Å². The number of aromatic hydroxyl groups is 1. The fraction of sp³-hybridized carbons (Fsp3) is 0.621. The maximum atomic E-state index is 13.5. The summed E-state index contributed by atoms with van der Waals surface area (Å²) in [5, 5.41) is 26.1. The summed E-state index contributed by atoms with van der Waals surface area (Å²) in [6.07, 6.45) is 2.16. The lowest BCUT2D eigenvalue weighted by Gasteiger charge is -2.27. The first kappa shape index (κ1) is 38.5. The van der Waals surface area contributed by atoms with Crippen LogP contribution in [0.4, 0.5) is 4.79 Å². The number of likely N-dealkylation sites (tertiary alicyclic amines) is 1. The fourth-order valence-electron chi connectivity index (χ4n) is 4.88. The first-order chi connectivity index (χ1) is 22.4. The minimum absolute atomic E-state index is 0.0304. The van der Waals surface area contributed by atoms with E-state index in [1.54, 1.807) is 0 Å². The van der Waals surface area contributed by atoms with Gasteiger partial charge in [-0.2, -0.15) is 0 Å². The van der Waals surface area contributed by atoms with E-state index in [1.165, 1.54) is 4.90 Å². The smallest absolute Gasteiger partial charge is 0.410 e. The summed E-state index contributed by atoms with van der Waals surface area (Å²) in [7, 11) is 0. The van der Waals surface area contributed by atoms with Crippen LogP contribution < -0.4 is 38.6 Å². The summed E-state index contributed by atoms with van der Waals surface area (Å²) in [6.45, 7) is 0.415. The zero-order valence-electron chi connectivity index (χ0n) is 26.1. The van der Waals surface area contributed by atoms with Crippen LogP contribution in [0.15, 0.2) is 21.5 Å². The Morgan fingerprint density at radius 1 is 0.936 bits per heavy atom. The number of hydrogen-bond acceptors (Lipinski definition) is 12. The van der Waals surface area contributed by atoms with Gasteiger partial charge in [-0.3, -0.25) is 33.7 Å². The van der Waals surface area contributed by atoms with E-state index < -0.39 is 84.1 Å². The van der Waals surface area contributed by atoms with Crippen molar-refractivity contribution in [2.24, 2.45) is 17.2 Å². The van der Waals surface area contributed by atoms with Crippen molar-refractivity contribution in [2.75, 3.05) is 19.6 Å². The molecule has 0 aromatic carbocycles. The second kappa shape index (κ2) is 19.7. The van der Waals surface area contributed by atoms with Crippen LogP contribution in [0.25, 0.3) is 0 Å². The van der Waals surface area contributed by atoms with Crippen LogP contribution in [-0.2, 0) is 35.3 Å². The van der Waals surface area contributed by atoms with Gasteiger partial charge in [-0.25, -0.2) is 4.79 Å². The summed E-state index contributed by atoms with van der Waals surface area (Å²) in [4.78, 5) is 88.7. The Morgan fingerprint density at radius 2 is 1.53 bits per heavy atom. The Morgan fingerprint density at radius 3 is 2.11 bits per heavy atom. The van der Waals surface area contributed by atoms with Crippen LogP contribution in [-0.4, -0.2) is 94.6 Å². The molecule has 47 heavy (non-hydrogen) atoms. The number of carbonyl (C=O) groups excluding carboxylic acids is 5. The lowest BCUT2D eigenvalue weighted by Crippen LogP contribution is -2.58. The van der Waals surface area contributed by atoms with Gasteiger partial charge in [0.05, 0.1) is 0 Å². The van der Waals surface area contributed by atoms with Gasteiger partial charge in [-0.1, -0.05) is 0 Å². The molecule has 1 aliphatic heterocycles. The van der Waals surface area contributed by atoms with E-state index in [2.05, 4.69) is 16.0 Å². The van der Waals surface area contributed by atoms with Crippen LogP contribution in [0, 0.1) is 0 Å². The van der Waals surface area contributed by atoms with Gasteiger partial charge in [0.1, 0.15) is 36.2 Å². The van der Waals surface area contributed by atoms with Crippen LogP contribution >= 0.6 is 0 Å². The van der Waals surface area contributed by atoms with Gasteiger partial charge in [0.15, 0.2) is 12.4 Å². The van der Waals surface area contributed by atoms with Crippen molar-refractivity contribution < 1.29 is 48.1 Å². The van der Waals surface area contributed by atoms with Crippen molar-refractivity contribution in [3.05, 3.63) is 28.3 Å². The molecule has 18 heteroatoms. The molecule has 4 unspecified atom stereocenters.